The van der Waals surface area contributed by atoms with Crippen molar-refractivity contribution in [2.45, 2.75) is 26.8 Å². The molecule has 5 nitrogen and oxygen atoms in total. The Balaban J connectivity index is 1.62. The third-order valence-electron chi connectivity index (χ3n) is 4.90. The Morgan fingerprint density at radius 1 is 1.07 bits per heavy atom. The highest BCUT2D eigenvalue weighted by Crippen LogP contribution is 2.25. The Bertz CT molecular complexity index is 1110. The Morgan fingerprint density at radius 3 is 2.56 bits per heavy atom. The molecule has 0 spiro atoms. The lowest BCUT2D eigenvalue weighted by atomic mass is 10.0. The Hall–Kier alpha value is -3.34. The van der Waals surface area contributed by atoms with Crippen molar-refractivity contribution in [1.29, 1.82) is 0 Å². The number of H-pyrrole nitrogens is 1. The van der Waals surface area contributed by atoms with Gasteiger partial charge in [0.05, 0.1) is 28.8 Å². The first-order valence-electron chi connectivity index (χ1n) is 9.05. The van der Waals surface area contributed by atoms with Gasteiger partial charge in [-0.2, -0.15) is 5.10 Å². The molecule has 0 aliphatic heterocycles. The van der Waals surface area contributed by atoms with Crippen molar-refractivity contribution >= 4 is 22.4 Å². The van der Waals surface area contributed by atoms with Gasteiger partial charge in [0, 0.05) is 22.7 Å². The van der Waals surface area contributed by atoms with Gasteiger partial charge in [-0.3, -0.25) is 4.79 Å². The van der Waals surface area contributed by atoms with Crippen molar-refractivity contribution in [2.75, 3.05) is 5.32 Å². The molecule has 0 aliphatic rings. The zero-order valence-corrected chi connectivity index (χ0v) is 15.7. The fraction of sp³-hybridized carbons (Fsp3) is 0.182. The molecule has 0 fully saturated rings. The quantitative estimate of drug-likeness (QED) is 0.510. The van der Waals surface area contributed by atoms with Crippen LogP contribution in [0.2, 0.25) is 0 Å². The standard InChI is InChI=1S/C22H22N4O/c1-14-21(16(3)26(25-14)17-9-5-4-6-10-17)24-15(2)22(27)19-13-23-20-12-8-7-11-18(19)20/h4-13,15,23-24H,1-3H3. The molecule has 5 heteroatoms. The number of nitrogens with zero attached hydrogens (tertiary/aromatic N) is 2. The molecule has 136 valence electrons. The average Bonchev–Trinajstić information content (AvgIpc) is 3.24. The summed E-state index contributed by atoms with van der Waals surface area (Å²) in [6.45, 7) is 5.86. The van der Waals surface area contributed by atoms with E-state index >= 15 is 0 Å². The largest absolute Gasteiger partial charge is 0.372 e. The molecule has 2 aromatic heterocycles. The smallest absolute Gasteiger partial charge is 0.186 e. The zero-order valence-electron chi connectivity index (χ0n) is 15.7. The van der Waals surface area contributed by atoms with Gasteiger partial charge >= 0.3 is 0 Å². The van der Waals surface area contributed by atoms with Crippen LogP contribution in [0.1, 0.15) is 28.7 Å². The second kappa shape index (κ2) is 6.76. The van der Waals surface area contributed by atoms with E-state index in [0.717, 1.165) is 33.7 Å². The third kappa shape index (κ3) is 3.01. The van der Waals surface area contributed by atoms with Crippen molar-refractivity contribution in [3.05, 3.63) is 77.7 Å². The lowest BCUT2D eigenvalue weighted by molar-refractivity contribution is 0.0977. The number of hydrogen-bond donors (Lipinski definition) is 2. The fourth-order valence-electron chi connectivity index (χ4n) is 3.46. The number of Topliss-reactive ketones (excluding diaryl/α,β-unsaturated/α-hetero) is 1. The number of aromatic amines is 1. The summed E-state index contributed by atoms with van der Waals surface area (Å²) < 4.78 is 1.90. The number of anilines is 1. The van der Waals surface area contributed by atoms with Gasteiger partial charge in [0.25, 0.3) is 0 Å². The molecular weight excluding hydrogens is 336 g/mol. The maximum absolute atomic E-state index is 13.0. The molecule has 4 aromatic rings. The summed E-state index contributed by atoms with van der Waals surface area (Å²) in [7, 11) is 0. The number of carbonyl (C=O) groups excluding carboxylic acids is 1. The van der Waals surface area contributed by atoms with Gasteiger partial charge in [0.15, 0.2) is 5.78 Å². The first-order valence-corrected chi connectivity index (χ1v) is 9.05. The summed E-state index contributed by atoms with van der Waals surface area (Å²) in [5.74, 6) is 0.0544. The highest BCUT2D eigenvalue weighted by Gasteiger charge is 2.21. The molecule has 0 amide bonds. The molecule has 0 aliphatic carbocycles. The second-order valence-electron chi connectivity index (χ2n) is 6.77. The summed E-state index contributed by atoms with van der Waals surface area (Å²) in [5, 5.41) is 8.97. The van der Waals surface area contributed by atoms with Gasteiger partial charge in [-0.1, -0.05) is 36.4 Å². The normalized spacial score (nSPS) is 12.3. The molecule has 1 atom stereocenters. The van der Waals surface area contributed by atoms with Gasteiger partial charge in [0.2, 0.25) is 0 Å². The summed E-state index contributed by atoms with van der Waals surface area (Å²) >= 11 is 0. The van der Waals surface area contributed by atoms with E-state index in [-0.39, 0.29) is 11.8 Å². The summed E-state index contributed by atoms with van der Waals surface area (Å²) in [6.07, 6.45) is 1.79. The minimum absolute atomic E-state index is 0.0544. The van der Waals surface area contributed by atoms with Gasteiger partial charge in [-0.15, -0.1) is 0 Å². The molecule has 0 saturated heterocycles. The summed E-state index contributed by atoms with van der Waals surface area (Å²) in [4.78, 5) is 16.2. The molecule has 4 rings (SSSR count). The van der Waals surface area contributed by atoms with Crippen LogP contribution in [0.15, 0.2) is 60.8 Å². The van der Waals surface area contributed by atoms with E-state index in [4.69, 9.17) is 0 Å². The van der Waals surface area contributed by atoms with Crippen LogP contribution in [-0.2, 0) is 0 Å². The molecule has 0 radical (unpaired) electrons. The van der Waals surface area contributed by atoms with E-state index in [2.05, 4.69) is 15.4 Å². The first-order chi connectivity index (χ1) is 13.1. The highest BCUT2D eigenvalue weighted by molar-refractivity contribution is 6.11. The summed E-state index contributed by atoms with van der Waals surface area (Å²) in [5.41, 5.74) is 5.43. The minimum atomic E-state index is -0.366. The molecular formula is C22H22N4O. The molecule has 2 aromatic carbocycles. The van der Waals surface area contributed by atoms with Gasteiger partial charge in [0.1, 0.15) is 0 Å². The topological polar surface area (TPSA) is 62.7 Å². The number of rotatable bonds is 5. The number of para-hydroxylation sites is 2. The number of aromatic nitrogens is 3. The van der Waals surface area contributed by atoms with Crippen LogP contribution in [-0.4, -0.2) is 26.6 Å². The number of aryl methyl sites for hydroxylation is 1. The van der Waals surface area contributed by atoms with Crippen molar-refractivity contribution in [3.63, 3.8) is 0 Å². The van der Waals surface area contributed by atoms with Crippen LogP contribution in [0.5, 0.6) is 0 Å². The molecule has 2 heterocycles. The van der Waals surface area contributed by atoms with Crippen LogP contribution >= 0.6 is 0 Å². The van der Waals surface area contributed by atoms with Crippen LogP contribution in [0.25, 0.3) is 16.6 Å². The third-order valence-corrected chi connectivity index (χ3v) is 4.90. The van der Waals surface area contributed by atoms with E-state index in [1.807, 2.05) is 80.1 Å². The number of hydrogen-bond acceptors (Lipinski definition) is 3. The Labute approximate surface area is 158 Å². The van der Waals surface area contributed by atoms with Crippen molar-refractivity contribution in [2.24, 2.45) is 0 Å². The number of ketones is 1. The predicted octanol–water partition coefficient (Wildman–Crippen LogP) is 4.65. The first kappa shape index (κ1) is 17.1. The van der Waals surface area contributed by atoms with Crippen molar-refractivity contribution < 1.29 is 4.79 Å². The van der Waals surface area contributed by atoms with E-state index < -0.39 is 0 Å². The zero-order chi connectivity index (χ0) is 19.0. The number of fused-ring (bicyclic) bond motifs is 1. The monoisotopic (exact) mass is 358 g/mol. The van der Waals surface area contributed by atoms with Crippen LogP contribution in [0, 0.1) is 13.8 Å². The van der Waals surface area contributed by atoms with E-state index in [9.17, 15) is 4.79 Å². The van der Waals surface area contributed by atoms with E-state index in [1.54, 1.807) is 6.20 Å². The van der Waals surface area contributed by atoms with Crippen LogP contribution < -0.4 is 5.32 Å². The molecule has 0 bridgehead atoms. The second-order valence-corrected chi connectivity index (χ2v) is 6.77. The lowest BCUT2D eigenvalue weighted by Crippen LogP contribution is -2.26. The Morgan fingerprint density at radius 2 is 1.78 bits per heavy atom. The van der Waals surface area contributed by atoms with Crippen LogP contribution in [0.4, 0.5) is 5.69 Å². The van der Waals surface area contributed by atoms with Crippen molar-refractivity contribution in [1.82, 2.24) is 14.8 Å². The Kier molecular flexibility index (Phi) is 4.28. The van der Waals surface area contributed by atoms with E-state index in [1.165, 1.54) is 0 Å². The fourth-order valence-corrected chi connectivity index (χ4v) is 3.46. The van der Waals surface area contributed by atoms with Gasteiger partial charge in [-0.25, -0.2) is 4.68 Å². The lowest BCUT2D eigenvalue weighted by Gasteiger charge is -2.14. The minimum Gasteiger partial charge on any atom is -0.372 e. The van der Waals surface area contributed by atoms with Gasteiger partial charge in [-0.05, 0) is 39.0 Å². The van der Waals surface area contributed by atoms with Crippen LogP contribution in [0.3, 0.4) is 0 Å². The number of carbonyl (C=O) groups is 1. The summed E-state index contributed by atoms with van der Waals surface area (Å²) in [6, 6.07) is 17.5. The van der Waals surface area contributed by atoms with Gasteiger partial charge < -0.3 is 10.3 Å². The molecule has 27 heavy (non-hydrogen) atoms. The molecule has 2 N–H and O–H groups in total. The molecule has 1 unspecified atom stereocenters. The van der Waals surface area contributed by atoms with E-state index in [0.29, 0.717) is 5.56 Å². The highest BCUT2D eigenvalue weighted by atomic mass is 16.1. The average molecular weight is 358 g/mol. The maximum Gasteiger partial charge on any atom is 0.186 e. The predicted molar refractivity (Wildman–Crippen MR) is 109 cm³/mol. The SMILES string of the molecule is Cc1nn(-c2ccccc2)c(C)c1NC(C)C(=O)c1c[nH]c2ccccc12. The number of nitrogens with one attached hydrogen (secondary N) is 2. The number of benzene rings is 2. The molecule has 0 saturated carbocycles. The van der Waals surface area contributed by atoms with Crippen molar-refractivity contribution in [3.8, 4) is 5.69 Å². The maximum atomic E-state index is 13.0.